The Morgan fingerprint density at radius 2 is 1.67 bits per heavy atom. The van der Waals surface area contributed by atoms with Crippen molar-refractivity contribution in [1.29, 1.82) is 0 Å². The van der Waals surface area contributed by atoms with Crippen LogP contribution in [0.4, 0.5) is 0 Å². The van der Waals surface area contributed by atoms with Gasteiger partial charge in [0, 0.05) is 0 Å². The number of hydrogen-bond acceptors (Lipinski definition) is 6. The number of nitrogens with one attached hydrogen (secondary N) is 1. The standard InChI is InChI=1S/C20H21NO6/c1-3-14-8-10-15(11-9-14)26-13-19(23)27-12-18(22)21-20(24)16-6-4-5-7-17(16)25-2/h4-11H,3,12-13H2,1-2H3,(H,21,22,24). The van der Waals surface area contributed by atoms with Gasteiger partial charge in [-0.1, -0.05) is 31.2 Å². The molecule has 7 heteroatoms. The summed E-state index contributed by atoms with van der Waals surface area (Å²) in [6.45, 7) is 1.12. The zero-order valence-electron chi connectivity index (χ0n) is 15.2. The van der Waals surface area contributed by atoms with Crippen molar-refractivity contribution < 1.29 is 28.6 Å². The molecule has 1 N–H and O–H groups in total. The van der Waals surface area contributed by atoms with Gasteiger partial charge in [0.25, 0.3) is 11.8 Å². The highest BCUT2D eigenvalue weighted by Gasteiger charge is 2.16. The normalized spacial score (nSPS) is 10.0. The largest absolute Gasteiger partial charge is 0.496 e. The van der Waals surface area contributed by atoms with E-state index in [-0.39, 0.29) is 12.2 Å². The monoisotopic (exact) mass is 371 g/mol. The molecule has 2 aromatic rings. The third-order valence-corrected chi connectivity index (χ3v) is 3.66. The number of carbonyl (C=O) groups is 3. The number of ether oxygens (including phenoxy) is 3. The van der Waals surface area contributed by atoms with Crippen LogP contribution in [0.25, 0.3) is 0 Å². The molecule has 0 spiro atoms. The van der Waals surface area contributed by atoms with E-state index in [9.17, 15) is 14.4 Å². The molecule has 0 fully saturated rings. The zero-order valence-corrected chi connectivity index (χ0v) is 15.2. The lowest BCUT2D eigenvalue weighted by molar-refractivity contribution is -0.150. The average Bonchev–Trinajstić information content (AvgIpc) is 2.70. The molecule has 0 radical (unpaired) electrons. The number of amides is 2. The maximum absolute atomic E-state index is 12.1. The van der Waals surface area contributed by atoms with Gasteiger partial charge in [-0.25, -0.2) is 4.79 Å². The van der Waals surface area contributed by atoms with Crippen LogP contribution in [0, 0.1) is 0 Å². The van der Waals surface area contributed by atoms with Crippen molar-refractivity contribution in [3.8, 4) is 11.5 Å². The lowest BCUT2D eigenvalue weighted by Gasteiger charge is -2.09. The number of para-hydroxylation sites is 1. The van der Waals surface area contributed by atoms with E-state index in [4.69, 9.17) is 14.2 Å². The van der Waals surface area contributed by atoms with Gasteiger partial charge in [0.05, 0.1) is 12.7 Å². The quantitative estimate of drug-likeness (QED) is 0.715. The predicted molar refractivity (Wildman–Crippen MR) is 97.7 cm³/mol. The molecular weight excluding hydrogens is 350 g/mol. The number of imide groups is 1. The molecule has 0 aliphatic rings. The van der Waals surface area contributed by atoms with E-state index in [1.165, 1.54) is 13.2 Å². The predicted octanol–water partition coefficient (Wildman–Crippen LogP) is 2.14. The molecule has 0 aliphatic heterocycles. The molecule has 27 heavy (non-hydrogen) atoms. The van der Waals surface area contributed by atoms with E-state index in [1.54, 1.807) is 30.3 Å². The Hall–Kier alpha value is -3.35. The summed E-state index contributed by atoms with van der Waals surface area (Å²) in [6.07, 6.45) is 0.908. The van der Waals surface area contributed by atoms with Gasteiger partial charge in [-0.15, -0.1) is 0 Å². The Labute approximate surface area is 157 Å². The maximum Gasteiger partial charge on any atom is 0.344 e. The zero-order chi connectivity index (χ0) is 19.6. The second-order valence-corrected chi connectivity index (χ2v) is 5.52. The van der Waals surface area contributed by atoms with Gasteiger partial charge in [0.15, 0.2) is 13.2 Å². The maximum atomic E-state index is 12.1. The molecule has 2 amide bonds. The highest BCUT2D eigenvalue weighted by Crippen LogP contribution is 2.16. The molecular formula is C20H21NO6. The van der Waals surface area contributed by atoms with Crippen LogP contribution in [0.3, 0.4) is 0 Å². The van der Waals surface area contributed by atoms with E-state index < -0.39 is 24.4 Å². The summed E-state index contributed by atoms with van der Waals surface area (Å²) in [7, 11) is 1.42. The average molecular weight is 371 g/mol. The van der Waals surface area contributed by atoms with Crippen LogP contribution in [0.1, 0.15) is 22.8 Å². The molecule has 2 aromatic carbocycles. The lowest BCUT2D eigenvalue weighted by Crippen LogP contribution is -2.34. The van der Waals surface area contributed by atoms with Gasteiger partial charge >= 0.3 is 5.97 Å². The Kier molecular flexibility index (Phi) is 7.37. The SMILES string of the molecule is CCc1ccc(OCC(=O)OCC(=O)NC(=O)c2ccccc2OC)cc1. The molecule has 0 unspecified atom stereocenters. The van der Waals surface area contributed by atoms with Crippen LogP contribution < -0.4 is 14.8 Å². The molecule has 0 aliphatic carbocycles. The number of methoxy groups -OCH3 is 1. The van der Waals surface area contributed by atoms with Gasteiger partial charge in [0.1, 0.15) is 11.5 Å². The molecule has 0 heterocycles. The first-order valence-electron chi connectivity index (χ1n) is 8.38. The van der Waals surface area contributed by atoms with Gasteiger partial charge in [-0.2, -0.15) is 0 Å². The highest BCUT2D eigenvalue weighted by atomic mass is 16.6. The summed E-state index contributed by atoms with van der Waals surface area (Å²) < 4.78 is 15.2. The van der Waals surface area contributed by atoms with Crippen LogP contribution in [-0.2, 0) is 20.7 Å². The second-order valence-electron chi connectivity index (χ2n) is 5.52. The number of aryl methyl sites for hydroxylation is 1. The van der Waals surface area contributed by atoms with Crippen LogP contribution in [0.2, 0.25) is 0 Å². The second kappa shape index (κ2) is 9.96. The summed E-state index contributed by atoms with van der Waals surface area (Å²) in [5, 5.41) is 2.14. The molecule has 0 bridgehead atoms. The van der Waals surface area contributed by atoms with Crippen LogP contribution in [0.5, 0.6) is 11.5 Å². The molecule has 142 valence electrons. The van der Waals surface area contributed by atoms with Crippen LogP contribution in [-0.4, -0.2) is 38.1 Å². The van der Waals surface area contributed by atoms with Crippen LogP contribution >= 0.6 is 0 Å². The summed E-state index contributed by atoms with van der Waals surface area (Å²) in [5.41, 5.74) is 1.36. The summed E-state index contributed by atoms with van der Waals surface area (Å²) in [6, 6.07) is 13.8. The highest BCUT2D eigenvalue weighted by molar-refractivity contribution is 6.06. The van der Waals surface area contributed by atoms with Gasteiger partial charge in [-0.3, -0.25) is 14.9 Å². The van der Waals surface area contributed by atoms with E-state index in [0.29, 0.717) is 11.5 Å². The molecule has 0 atom stereocenters. The third kappa shape index (κ3) is 6.14. The van der Waals surface area contributed by atoms with Crippen molar-refractivity contribution in [2.75, 3.05) is 20.3 Å². The molecule has 0 saturated heterocycles. The first kappa shape index (κ1) is 20.0. The first-order chi connectivity index (χ1) is 13.0. The smallest absolute Gasteiger partial charge is 0.344 e. The minimum Gasteiger partial charge on any atom is -0.496 e. The number of carbonyl (C=O) groups excluding carboxylic acids is 3. The fraction of sp³-hybridized carbons (Fsp3) is 0.250. The number of rotatable bonds is 8. The minimum absolute atomic E-state index is 0.207. The first-order valence-corrected chi connectivity index (χ1v) is 8.38. The van der Waals surface area contributed by atoms with E-state index in [1.807, 2.05) is 19.1 Å². The van der Waals surface area contributed by atoms with Gasteiger partial charge < -0.3 is 14.2 Å². The third-order valence-electron chi connectivity index (χ3n) is 3.66. The summed E-state index contributed by atoms with van der Waals surface area (Å²) >= 11 is 0. The van der Waals surface area contributed by atoms with Crippen molar-refractivity contribution in [1.82, 2.24) is 5.32 Å². The summed E-state index contributed by atoms with van der Waals surface area (Å²) in [4.78, 5) is 35.5. The molecule has 0 aromatic heterocycles. The Morgan fingerprint density at radius 1 is 0.963 bits per heavy atom. The van der Waals surface area contributed by atoms with Crippen molar-refractivity contribution in [3.05, 3.63) is 59.7 Å². The number of hydrogen-bond donors (Lipinski definition) is 1. The van der Waals surface area contributed by atoms with Gasteiger partial charge in [-0.05, 0) is 36.2 Å². The number of benzene rings is 2. The van der Waals surface area contributed by atoms with Crippen molar-refractivity contribution in [2.45, 2.75) is 13.3 Å². The topological polar surface area (TPSA) is 90.9 Å². The number of esters is 1. The molecule has 7 nitrogen and oxygen atoms in total. The Bertz CT molecular complexity index is 800. The van der Waals surface area contributed by atoms with Crippen LogP contribution in [0.15, 0.2) is 48.5 Å². The van der Waals surface area contributed by atoms with Crippen molar-refractivity contribution >= 4 is 17.8 Å². The minimum atomic E-state index is -0.744. The molecule has 0 saturated carbocycles. The van der Waals surface area contributed by atoms with E-state index in [0.717, 1.165) is 12.0 Å². The van der Waals surface area contributed by atoms with E-state index >= 15 is 0 Å². The Morgan fingerprint density at radius 3 is 2.33 bits per heavy atom. The Balaban J connectivity index is 1.75. The fourth-order valence-electron chi connectivity index (χ4n) is 2.21. The summed E-state index contributed by atoms with van der Waals surface area (Å²) in [5.74, 6) is -1.23. The van der Waals surface area contributed by atoms with Crippen molar-refractivity contribution in [3.63, 3.8) is 0 Å². The fourth-order valence-corrected chi connectivity index (χ4v) is 2.21. The lowest BCUT2D eigenvalue weighted by atomic mass is 10.2. The van der Waals surface area contributed by atoms with E-state index in [2.05, 4.69) is 5.32 Å². The molecule has 2 rings (SSSR count). The van der Waals surface area contributed by atoms with Gasteiger partial charge in [0.2, 0.25) is 0 Å². The van der Waals surface area contributed by atoms with Crippen molar-refractivity contribution in [2.24, 2.45) is 0 Å².